The second-order valence-electron chi connectivity index (χ2n) is 12.6. The summed E-state index contributed by atoms with van der Waals surface area (Å²) in [7, 11) is -1.23. The van der Waals surface area contributed by atoms with Crippen molar-refractivity contribution < 1.29 is 21.5 Å². The molecule has 0 saturated carbocycles. The molecule has 0 atom stereocenters. The van der Waals surface area contributed by atoms with Gasteiger partial charge in [-0.3, -0.25) is 0 Å². The third-order valence-corrected chi connectivity index (χ3v) is 11.3. The fourth-order valence-electron chi connectivity index (χ4n) is 5.42. The molecule has 0 unspecified atom stereocenters. The van der Waals surface area contributed by atoms with Crippen LogP contribution in [0.15, 0.2) is 116 Å². The van der Waals surface area contributed by atoms with Gasteiger partial charge in [0, 0.05) is 38.6 Å². The molecule has 0 aliphatic heterocycles. The molecule has 0 aliphatic carbocycles. The van der Waals surface area contributed by atoms with Gasteiger partial charge in [0.2, 0.25) is 0 Å². The zero-order valence-electron chi connectivity index (χ0n) is 28.1. The average Bonchev–Trinajstić information content (AvgIpc) is 3.43. The topological polar surface area (TPSA) is 25.8 Å². The average molecular weight is 812 g/mol. The van der Waals surface area contributed by atoms with Crippen molar-refractivity contribution in [3.05, 3.63) is 139 Å². The summed E-state index contributed by atoms with van der Waals surface area (Å²) in [6.45, 7) is 13.0. The smallest absolute Gasteiger partial charge is 0.0795 e. The van der Waals surface area contributed by atoms with E-state index in [-0.39, 0.29) is 20.1 Å². The molecule has 0 fully saturated rings. The summed E-state index contributed by atoms with van der Waals surface area (Å²) >= 11 is 1.79. The molecule has 233 valence electrons. The number of aromatic nitrogens is 2. The van der Waals surface area contributed by atoms with E-state index < -0.39 is 14.0 Å². The standard InChI is InChI=1S/C27H22NS.C14H16NSi.Ir/c1-17(2)19-13-14-28-25(15-19)24-10-6-9-23-22-12-11-20(16-26(22)29-27(23)24)21-8-5-4-7-18(21)3;1-16(2,3)13-9-10-14(15-11-13)12-7-5-4-6-8-12;/h4-9,11-17H,1-3H3;4-7,9-11H,1-3H3;/q2*-1;/i17D;;. The first kappa shape index (κ1) is 32.2. The van der Waals surface area contributed by atoms with Gasteiger partial charge in [0.1, 0.15) is 0 Å². The number of aryl methyl sites for hydroxylation is 1. The van der Waals surface area contributed by atoms with E-state index in [4.69, 9.17) is 1.37 Å². The number of pyridine rings is 2. The maximum atomic E-state index is 8.37. The normalized spacial score (nSPS) is 11.8. The molecule has 0 N–H and O–H groups in total. The van der Waals surface area contributed by atoms with Gasteiger partial charge in [-0.05, 0) is 68.3 Å². The first-order valence-corrected chi connectivity index (χ1v) is 19.6. The van der Waals surface area contributed by atoms with E-state index in [0.717, 1.165) is 28.1 Å². The van der Waals surface area contributed by atoms with Crippen LogP contribution in [0.4, 0.5) is 0 Å². The van der Waals surface area contributed by atoms with Crippen molar-refractivity contribution >= 4 is 44.8 Å². The number of fused-ring (bicyclic) bond motifs is 3. The summed E-state index contributed by atoms with van der Waals surface area (Å²) in [5.41, 5.74) is 8.71. The van der Waals surface area contributed by atoms with Crippen molar-refractivity contribution in [1.29, 1.82) is 0 Å². The van der Waals surface area contributed by atoms with Gasteiger partial charge in [0.05, 0.1) is 8.07 Å². The maximum Gasteiger partial charge on any atom is 0.0795 e. The second kappa shape index (κ2) is 14.4. The molecule has 0 bridgehead atoms. The Labute approximate surface area is 293 Å². The molecule has 46 heavy (non-hydrogen) atoms. The summed E-state index contributed by atoms with van der Waals surface area (Å²) in [5, 5.41) is 3.89. The van der Waals surface area contributed by atoms with E-state index in [2.05, 4.69) is 109 Å². The van der Waals surface area contributed by atoms with Gasteiger partial charge in [-0.2, -0.15) is 11.3 Å². The molecule has 1 radical (unpaired) electrons. The molecule has 5 heteroatoms. The van der Waals surface area contributed by atoms with E-state index in [0.29, 0.717) is 0 Å². The van der Waals surface area contributed by atoms with E-state index in [9.17, 15) is 0 Å². The summed E-state index contributed by atoms with van der Waals surface area (Å²) < 4.78 is 10.8. The van der Waals surface area contributed by atoms with Crippen molar-refractivity contribution in [2.45, 2.75) is 46.3 Å². The van der Waals surface area contributed by atoms with Crippen LogP contribution in [0.1, 0.15) is 32.2 Å². The Morgan fingerprint density at radius 1 is 0.783 bits per heavy atom. The van der Waals surface area contributed by atoms with Crippen LogP contribution in [0.2, 0.25) is 19.6 Å². The Morgan fingerprint density at radius 3 is 2.28 bits per heavy atom. The number of nitrogens with zero attached hydrogens (tertiary/aromatic N) is 2. The summed E-state index contributed by atoms with van der Waals surface area (Å²) in [6, 6.07) is 42.2. The number of thiophene rings is 1. The van der Waals surface area contributed by atoms with Crippen molar-refractivity contribution in [2.24, 2.45) is 0 Å². The summed E-state index contributed by atoms with van der Waals surface area (Å²) in [6.07, 6.45) is 3.82. The molecule has 4 aromatic carbocycles. The van der Waals surface area contributed by atoms with Gasteiger partial charge < -0.3 is 9.97 Å². The fraction of sp³-hybridized carbons (Fsp3) is 0.171. The minimum atomic E-state index is -1.23. The number of hydrogen-bond donors (Lipinski definition) is 0. The van der Waals surface area contributed by atoms with Crippen molar-refractivity contribution in [2.75, 3.05) is 0 Å². The summed E-state index contributed by atoms with van der Waals surface area (Å²) in [5.74, 6) is -0.659. The molecule has 0 spiro atoms. The number of rotatable bonds is 5. The zero-order chi connectivity index (χ0) is 32.5. The van der Waals surface area contributed by atoms with E-state index in [1.54, 1.807) is 17.5 Å². The van der Waals surface area contributed by atoms with Gasteiger partial charge in [-0.15, -0.1) is 59.7 Å². The predicted molar refractivity (Wildman–Crippen MR) is 197 cm³/mol. The minimum Gasteiger partial charge on any atom is -0.305 e. The largest absolute Gasteiger partial charge is 0.305 e. The number of benzene rings is 4. The molecule has 0 saturated heterocycles. The molecule has 0 aliphatic rings. The zero-order valence-corrected chi connectivity index (χ0v) is 31.3. The quantitative estimate of drug-likeness (QED) is 0.128. The van der Waals surface area contributed by atoms with Crippen molar-refractivity contribution in [1.82, 2.24) is 9.97 Å². The maximum absolute atomic E-state index is 8.37. The Hall–Kier alpha value is -3.73. The molecule has 7 rings (SSSR count). The Kier molecular flexibility index (Phi) is 10.1. The SMILES string of the molecule is C[Si](C)(C)c1ccc(-c2[c-]cccc2)nc1.[2H]C(C)(C)c1ccnc(-c2[c-]ccc3c2sc2cc(-c4ccccc4C)ccc23)c1.[Ir]. The molecule has 0 amide bonds. The third kappa shape index (κ3) is 7.29. The van der Waals surface area contributed by atoms with Crippen LogP contribution in [-0.2, 0) is 20.1 Å². The molecular weight excluding hydrogens is 773 g/mol. The van der Waals surface area contributed by atoms with Gasteiger partial charge in [-0.1, -0.05) is 99.0 Å². The van der Waals surface area contributed by atoms with E-state index in [1.165, 1.54) is 42.0 Å². The second-order valence-corrected chi connectivity index (χ2v) is 18.7. The van der Waals surface area contributed by atoms with Crippen LogP contribution in [0.5, 0.6) is 0 Å². The van der Waals surface area contributed by atoms with Gasteiger partial charge in [0.25, 0.3) is 0 Å². The Morgan fingerprint density at radius 2 is 1.59 bits per heavy atom. The molecule has 3 aromatic heterocycles. The minimum absolute atomic E-state index is 0. The predicted octanol–water partition coefficient (Wildman–Crippen LogP) is 11.1. The first-order chi connectivity index (χ1) is 22.0. The first-order valence-electron chi connectivity index (χ1n) is 15.8. The van der Waals surface area contributed by atoms with E-state index >= 15 is 0 Å². The van der Waals surface area contributed by atoms with Gasteiger partial charge in [-0.25, -0.2) is 0 Å². The third-order valence-electron chi connectivity index (χ3n) is 8.10. The van der Waals surface area contributed by atoms with Gasteiger partial charge in [0.15, 0.2) is 0 Å². The van der Waals surface area contributed by atoms with Gasteiger partial charge >= 0.3 is 0 Å². The van der Waals surface area contributed by atoms with Crippen LogP contribution < -0.4 is 5.19 Å². The van der Waals surface area contributed by atoms with Crippen LogP contribution in [-0.4, -0.2) is 18.0 Å². The van der Waals surface area contributed by atoms with Crippen LogP contribution in [0.3, 0.4) is 0 Å². The monoisotopic (exact) mass is 812 g/mol. The molecular formula is C41H38IrN2SSi-2. The fourth-order valence-corrected chi connectivity index (χ4v) is 7.71. The molecule has 2 nitrogen and oxygen atoms in total. The van der Waals surface area contributed by atoms with E-state index in [1.807, 2.05) is 62.5 Å². The van der Waals surface area contributed by atoms with Crippen molar-refractivity contribution in [3.63, 3.8) is 0 Å². The number of hydrogen-bond acceptors (Lipinski definition) is 3. The summed E-state index contributed by atoms with van der Waals surface area (Å²) in [4.78, 5) is 9.13. The van der Waals surface area contributed by atoms with Crippen LogP contribution >= 0.6 is 11.3 Å². The van der Waals surface area contributed by atoms with Crippen molar-refractivity contribution in [3.8, 4) is 33.6 Å². The Balaban J connectivity index is 0.000000217. The van der Waals surface area contributed by atoms with Crippen LogP contribution in [0, 0.1) is 19.1 Å². The Bertz CT molecular complexity index is 2130. The molecule has 7 aromatic rings. The molecule has 3 heterocycles. The van der Waals surface area contributed by atoms with Crippen LogP contribution in [0.25, 0.3) is 53.8 Å².